The molecule has 0 saturated heterocycles. The first kappa shape index (κ1) is 9.71. The lowest BCUT2D eigenvalue weighted by atomic mass is 10.1. The Labute approximate surface area is 86.5 Å². The SMILES string of the molecule is O=C(O)CCCc1ccc2ocnc2c1. The molecular weight excluding hydrogens is 194 g/mol. The number of aromatic nitrogens is 1. The molecule has 2 rings (SSSR count). The topological polar surface area (TPSA) is 63.3 Å². The van der Waals surface area contributed by atoms with Gasteiger partial charge in [0.1, 0.15) is 5.52 Å². The molecule has 0 atom stereocenters. The number of hydrogen-bond donors (Lipinski definition) is 1. The summed E-state index contributed by atoms with van der Waals surface area (Å²) in [6.07, 6.45) is 3.02. The highest BCUT2D eigenvalue weighted by molar-refractivity contribution is 5.72. The van der Waals surface area contributed by atoms with Gasteiger partial charge in [-0.05, 0) is 30.5 Å². The summed E-state index contributed by atoms with van der Waals surface area (Å²) < 4.78 is 5.11. The van der Waals surface area contributed by atoms with Crippen LogP contribution in [0.3, 0.4) is 0 Å². The fourth-order valence-electron chi connectivity index (χ4n) is 1.50. The van der Waals surface area contributed by atoms with E-state index in [2.05, 4.69) is 4.98 Å². The minimum absolute atomic E-state index is 0.205. The van der Waals surface area contributed by atoms with Gasteiger partial charge in [-0.3, -0.25) is 4.79 Å². The van der Waals surface area contributed by atoms with Crippen molar-refractivity contribution in [3.8, 4) is 0 Å². The van der Waals surface area contributed by atoms with Gasteiger partial charge in [0, 0.05) is 6.42 Å². The van der Waals surface area contributed by atoms with Crippen molar-refractivity contribution >= 4 is 17.1 Å². The minimum atomic E-state index is -0.752. The summed E-state index contributed by atoms with van der Waals surface area (Å²) in [5.74, 6) is -0.752. The Morgan fingerprint density at radius 3 is 3.13 bits per heavy atom. The highest BCUT2D eigenvalue weighted by Crippen LogP contribution is 2.15. The van der Waals surface area contributed by atoms with Crippen LogP contribution in [0, 0.1) is 0 Å². The second-order valence-corrected chi connectivity index (χ2v) is 3.40. The molecule has 15 heavy (non-hydrogen) atoms. The molecule has 2 aromatic rings. The molecule has 4 nitrogen and oxygen atoms in total. The van der Waals surface area contributed by atoms with E-state index in [1.807, 2.05) is 18.2 Å². The maximum Gasteiger partial charge on any atom is 0.303 e. The third-order valence-electron chi connectivity index (χ3n) is 2.25. The fraction of sp³-hybridized carbons (Fsp3) is 0.273. The summed E-state index contributed by atoms with van der Waals surface area (Å²) >= 11 is 0. The number of carboxylic acid groups (broad SMARTS) is 1. The summed E-state index contributed by atoms with van der Waals surface area (Å²) in [6, 6.07) is 5.73. The van der Waals surface area contributed by atoms with Crippen molar-refractivity contribution in [2.75, 3.05) is 0 Å². The molecule has 0 radical (unpaired) electrons. The van der Waals surface area contributed by atoms with E-state index >= 15 is 0 Å². The quantitative estimate of drug-likeness (QED) is 0.831. The van der Waals surface area contributed by atoms with Gasteiger partial charge in [-0.1, -0.05) is 6.07 Å². The Morgan fingerprint density at radius 2 is 2.33 bits per heavy atom. The zero-order valence-corrected chi connectivity index (χ0v) is 8.14. The second-order valence-electron chi connectivity index (χ2n) is 3.40. The lowest BCUT2D eigenvalue weighted by Crippen LogP contribution is -1.95. The van der Waals surface area contributed by atoms with Crippen LogP contribution in [-0.2, 0) is 11.2 Å². The lowest BCUT2D eigenvalue weighted by Gasteiger charge is -1.98. The first-order valence-corrected chi connectivity index (χ1v) is 4.79. The average Bonchev–Trinajstić information content (AvgIpc) is 2.64. The molecule has 78 valence electrons. The van der Waals surface area contributed by atoms with Gasteiger partial charge >= 0.3 is 5.97 Å². The smallest absolute Gasteiger partial charge is 0.303 e. The molecule has 4 heteroatoms. The zero-order valence-electron chi connectivity index (χ0n) is 8.14. The van der Waals surface area contributed by atoms with E-state index in [1.165, 1.54) is 6.39 Å². The van der Waals surface area contributed by atoms with E-state index in [0.29, 0.717) is 6.42 Å². The molecule has 1 aromatic carbocycles. The maximum atomic E-state index is 10.3. The van der Waals surface area contributed by atoms with Crippen LogP contribution in [0.15, 0.2) is 29.0 Å². The molecule has 0 unspecified atom stereocenters. The van der Waals surface area contributed by atoms with Crippen LogP contribution in [-0.4, -0.2) is 16.1 Å². The summed E-state index contributed by atoms with van der Waals surface area (Å²) in [5, 5.41) is 8.50. The third kappa shape index (κ3) is 2.34. The Morgan fingerprint density at radius 1 is 1.47 bits per heavy atom. The van der Waals surface area contributed by atoms with Crippen LogP contribution in [0.5, 0.6) is 0 Å². The van der Waals surface area contributed by atoms with Crippen molar-refractivity contribution in [1.82, 2.24) is 4.98 Å². The zero-order chi connectivity index (χ0) is 10.7. The largest absolute Gasteiger partial charge is 0.481 e. The average molecular weight is 205 g/mol. The van der Waals surface area contributed by atoms with Gasteiger partial charge in [0.05, 0.1) is 0 Å². The number of carboxylic acids is 1. The van der Waals surface area contributed by atoms with Crippen LogP contribution < -0.4 is 0 Å². The maximum absolute atomic E-state index is 10.3. The van der Waals surface area contributed by atoms with Gasteiger partial charge in [-0.2, -0.15) is 0 Å². The predicted molar refractivity (Wildman–Crippen MR) is 54.6 cm³/mol. The number of aryl methyl sites for hydroxylation is 1. The van der Waals surface area contributed by atoms with Crippen molar-refractivity contribution in [3.63, 3.8) is 0 Å². The molecule has 0 bridgehead atoms. The van der Waals surface area contributed by atoms with Gasteiger partial charge in [0.2, 0.25) is 0 Å². The van der Waals surface area contributed by atoms with Gasteiger partial charge in [0.15, 0.2) is 12.0 Å². The second kappa shape index (κ2) is 4.13. The monoisotopic (exact) mass is 205 g/mol. The summed E-state index contributed by atoms with van der Waals surface area (Å²) in [5.41, 5.74) is 2.68. The van der Waals surface area contributed by atoms with E-state index in [-0.39, 0.29) is 6.42 Å². The van der Waals surface area contributed by atoms with Crippen molar-refractivity contribution in [1.29, 1.82) is 0 Å². The fourth-order valence-corrected chi connectivity index (χ4v) is 1.50. The molecule has 0 aliphatic carbocycles. The van der Waals surface area contributed by atoms with E-state index in [1.54, 1.807) is 0 Å². The molecule has 0 saturated carbocycles. The normalized spacial score (nSPS) is 10.7. The third-order valence-corrected chi connectivity index (χ3v) is 2.25. The number of rotatable bonds is 4. The lowest BCUT2D eigenvalue weighted by molar-refractivity contribution is -0.137. The highest BCUT2D eigenvalue weighted by Gasteiger charge is 2.01. The number of nitrogens with zero attached hydrogens (tertiary/aromatic N) is 1. The number of hydrogen-bond acceptors (Lipinski definition) is 3. The summed E-state index contributed by atoms with van der Waals surface area (Å²) in [6.45, 7) is 0. The number of oxazole rings is 1. The van der Waals surface area contributed by atoms with E-state index in [4.69, 9.17) is 9.52 Å². The van der Waals surface area contributed by atoms with Crippen LogP contribution in [0.2, 0.25) is 0 Å². The molecular formula is C11H11NO3. The van der Waals surface area contributed by atoms with Crippen molar-refractivity contribution < 1.29 is 14.3 Å². The van der Waals surface area contributed by atoms with Crippen LogP contribution >= 0.6 is 0 Å². The van der Waals surface area contributed by atoms with Gasteiger partial charge in [-0.15, -0.1) is 0 Å². The molecule has 0 fully saturated rings. The summed E-state index contributed by atoms with van der Waals surface area (Å²) in [4.78, 5) is 14.4. The van der Waals surface area contributed by atoms with Crippen molar-refractivity contribution in [2.45, 2.75) is 19.3 Å². The van der Waals surface area contributed by atoms with Crippen LogP contribution in [0.25, 0.3) is 11.1 Å². The predicted octanol–water partition coefficient (Wildman–Crippen LogP) is 2.24. The van der Waals surface area contributed by atoms with Crippen molar-refractivity contribution in [3.05, 3.63) is 30.2 Å². The number of aliphatic carboxylic acids is 1. The molecule has 1 N–H and O–H groups in total. The van der Waals surface area contributed by atoms with Crippen molar-refractivity contribution in [2.24, 2.45) is 0 Å². The highest BCUT2D eigenvalue weighted by atomic mass is 16.4. The Balaban J connectivity index is 2.04. The number of fused-ring (bicyclic) bond motifs is 1. The molecule has 0 aliphatic heterocycles. The molecule has 0 spiro atoms. The Kier molecular flexibility index (Phi) is 2.67. The number of carbonyl (C=O) groups is 1. The summed E-state index contributed by atoms with van der Waals surface area (Å²) in [7, 11) is 0. The first-order valence-electron chi connectivity index (χ1n) is 4.79. The molecule has 1 heterocycles. The van der Waals surface area contributed by atoms with Gasteiger partial charge < -0.3 is 9.52 Å². The standard InChI is InChI=1S/C11H11NO3/c13-11(14)3-1-2-8-4-5-10-9(6-8)12-7-15-10/h4-7H,1-3H2,(H,13,14). The van der Waals surface area contributed by atoms with E-state index in [9.17, 15) is 4.79 Å². The van der Waals surface area contributed by atoms with E-state index < -0.39 is 5.97 Å². The molecule has 0 amide bonds. The van der Waals surface area contributed by atoms with Crippen LogP contribution in [0.4, 0.5) is 0 Å². The van der Waals surface area contributed by atoms with Gasteiger partial charge in [0.25, 0.3) is 0 Å². The van der Waals surface area contributed by atoms with Crippen LogP contribution in [0.1, 0.15) is 18.4 Å². The molecule has 1 aromatic heterocycles. The first-order chi connectivity index (χ1) is 7.25. The van der Waals surface area contributed by atoms with Gasteiger partial charge in [-0.25, -0.2) is 4.98 Å². The number of benzene rings is 1. The Hall–Kier alpha value is -1.84. The van der Waals surface area contributed by atoms with E-state index in [0.717, 1.165) is 23.1 Å². The Bertz CT molecular complexity index is 475. The minimum Gasteiger partial charge on any atom is -0.481 e. The molecule has 0 aliphatic rings.